The minimum atomic E-state index is -0.517. The molecule has 1 aromatic rings. The van der Waals surface area contributed by atoms with Crippen molar-refractivity contribution < 1.29 is 9.53 Å². The number of ether oxygens (including phenoxy) is 1. The molecule has 0 saturated carbocycles. The van der Waals surface area contributed by atoms with Crippen molar-refractivity contribution in [3.63, 3.8) is 0 Å². The van der Waals surface area contributed by atoms with E-state index >= 15 is 0 Å². The van der Waals surface area contributed by atoms with Crippen LogP contribution in [0.15, 0.2) is 40.7 Å². The highest BCUT2D eigenvalue weighted by atomic mass is 16.6. The van der Waals surface area contributed by atoms with Gasteiger partial charge in [0.15, 0.2) is 5.82 Å². The van der Waals surface area contributed by atoms with E-state index in [0.717, 1.165) is 12.0 Å². The Bertz CT molecular complexity index is 923. The van der Waals surface area contributed by atoms with E-state index < -0.39 is 11.7 Å². The third-order valence-corrected chi connectivity index (χ3v) is 4.88. The monoisotopic (exact) mass is 443 g/mol. The summed E-state index contributed by atoms with van der Waals surface area (Å²) < 4.78 is 6.97. The van der Waals surface area contributed by atoms with Crippen LogP contribution in [0.2, 0.25) is 0 Å². The Labute approximate surface area is 190 Å². The molecule has 0 saturated heterocycles. The molecule has 0 fully saturated rings. The second kappa shape index (κ2) is 11.8. The van der Waals surface area contributed by atoms with Crippen LogP contribution in [0.4, 0.5) is 4.79 Å². The SMILES string of the molecule is Cc1nnc(C(NCCCNC(=O)OC(C)(C)C)C(C)C)n(CC2=CCC=CC=C2)c1=O. The number of nitrogens with zero attached hydrogens (tertiary/aromatic N) is 3. The standard InChI is InChI=1S/C24H37N5O3/c1-17(2)20(25-14-11-15-26-23(31)32-24(4,5)6)21-28-27-18(3)22(30)29(21)16-19-12-9-7-8-10-13-19/h7-9,12-13,17,20,25H,10-11,14-16H2,1-6H3,(H,26,31). The van der Waals surface area contributed by atoms with Crippen molar-refractivity contribution in [2.24, 2.45) is 5.92 Å². The van der Waals surface area contributed by atoms with Crippen LogP contribution in [0.3, 0.4) is 0 Å². The molecule has 0 aromatic carbocycles. The third kappa shape index (κ3) is 8.07. The summed E-state index contributed by atoms with van der Waals surface area (Å²) in [5, 5.41) is 14.8. The molecule has 1 atom stereocenters. The zero-order valence-electron chi connectivity index (χ0n) is 20.1. The van der Waals surface area contributed by atoms with E-state index in [1.165, 1.54) is 0 Å². The zero-order chi connectivity index (χ0) is 23.7. The second-order valence-electron chi connectivity index (χ2n) is 9.29. The lowest BCUT2D eigenvalue weighted by Crippen LogP contribution is -2.38. The molecular weight excluding hydrogens is 406 g/mol. The lowest BCUT2D eigenvalue weighted by atomic mass is 10.0. The molecule has 0 spiro atoms. The van der Waals surface area contributed by atoms with Gasteiger partial charge in [0.25, 0.3) is 5.56 Å². The van der Waals surface area contributed by atoms with Crippen LogP contribution in [0.25, 0.3) is 0 Å². The molecule has 1 aliphatic rings. The number of nitrogens with one attached hydrogen (secondary N) is 2. The van der Waals surface area contributed by atoms with Crippen LogP contribution in [-0.2, 0) is 11.3 Å². The molecule has 1 aliphatic carbocycles. The summed E-state index contributed by atoms with van der Waals surface area (Å²) in [5.74, 6) is 0.819. The minimum Gasteiger partial charge on any atom is -0.444 e. The fourth-order valence-corrected chi connectivity index (χ4v) is 3.30. The van der Waals surface area contributed by atoms with Crippen LogP contribution in [0, 0.1) is 12.8 Å². The summed E-state index contributed by atoms with van der Waals surface area (Å²) in [6, 6.07) is -0.147. The normalized spacial score (nSPS) is 14.8. The third-order valence-electron chi connectivity index (χ3n) is 4.88. The number of aryl methyl sites for hydroxylation is 1. The molecule has 0 radical (unpaired) electrons. The van der Waals surface area contributed by atoms with E-state index in [9.17, 15) is 9.59 Å². The molecule has 2 N–H and O–H groups in total. The molecule has 1 heterocycles. The van der Waals surface area contributed by atoms with Gasteiger partial charge in [0.1, 0.15) is 11.3 Å². The fourth-order valence-electron chi connectivity index (χ4n) is 3.30. The maximum Gasteiger partial charge on any atom is 0.407 e. The second-order valence-corrected chi connectivity index (χ2v) is 9.29. The van der Waals surface area contributed by atoms with Crippen LogP contribution in [-0.4, -0.2) is 39.5 Å². The quantitative estimate of drug-likeness (QED) is 0.566. The highest BCUT2D eigenvalue weighted by Crippen LogP contribution is 2.20. The Balaban J connectivity index is 2.07. The van der Waals surface area contributed by atoms with Crippen molar-refractivity contribution in [2.45, 2.75) is 72.6 Å². The van der Waals surface area contributed by atoms with Crippen LogP contribution in [0.5, 0.6) is 0 Å². The first-order valence-corrected chi connectivity index (χ1v) is 11.2. The lowest BCUT2D eigenvalue weighted by Gasteiger charge is -2.25. The highest BCUT2D eigenvalue weighted by molar-refractivity contribution is 5.67. The molecule has 1 unspecified atom stereocenters. The summed E-state index contributed by atoms with van der Waals surface area (Å²) in [5.41, 5.74) is 0.807. The predicted molar refractivity (Wildman–Crippen MR) is 126 cm³/mol. The Morgan fingerprint density at radius 1 is 1.22 bits per heavy atom. The lowest BCUT2D eigenvalue weighted by molar-refractivity contribution is 0.0527. The van der Waals surface area contributed by atoms with Gasteiger partial charge in [-0.2, -0.15) is 0 Å². The first-order chi connectivity index (χ1) is 15.1. The summed E-state index contributed by atoms with van der Waals surface area (Å²) in [7, 11) is 0. The zero-order valence-corrected chi connectivity index (χ0v) is 20.1. The first-order valence-electron chi connectivity index (χ1n) is 11.2. The van der Waals surface area contributed by atoms with Gasteiger partial charge < -0.3 is 15.4 Å². The van der Waals surface area contributed by atoms with Gasteiger partial charge in [-0.15, -0.1) is 10.2 Å². The van der Waals surface area contributed by atoms with E-state index in [4.69, 9.17) is 4.74 Å². The number of carbonyl (C=O) groups excluding carboxylic acids is 1. The molecule has 32 heavy (non-hydrogen) atoms. The van der Waals surface area contributed by atoms with Gasteiger partial charge >= 0.3 is 6.09 Å². The van der Waals surface area contributed by atoms with Gasteiger partial charge in [-0.05, 0) is 58.6 Å². The van der Waals surface area contributed by atoms with Crippen molar-refractivity contribution in [3.05, 3.63) is 57.8 Å². The van der Waals surface area contributed by atoms with Gasteiger partial charge in [0, 0.05) is 6.54 Å². The average Bonchev–Trinajstić information content (AvgIpc) is 2.96. The van der Waals surface area contributed by atoms with E-state index in [1.807, 2.05) is 39.0 Å². The molecule has 8 heteroatoms. The van der Waals surface area contributed by atoms with E-state index in [2.05, 4.69) is 46.8 Å². The number of hydrogen-bond donors (Lipinski definition) is 2. The molecule has 8 nitrogen and oxygen atoms in total. The molecule has 0 bridgehead atoms. The fraction of sp³-hybridized carbons (Fsp3) is 0.583. The largest absolute Gasteiger partial charge is 0.444 e. The number of hydrogen-bond acceptors (Lipinski definition) is 6. The number of rotatable bonds is 9. The van der Waals surface area contributed by atoms with Crippen molar-refractivity contribution in [1.82, 2.24) is 25.4 Å². The van der Waals surface area contributed by atoms with Crippen molar-refractivity contribution >= 4 is 6.09 Å². The highest BCUT2D eigenvalue weighted by Gasteiger charge is 2.23. The van der Waals surface area contributed by atoms with Gasteiger partial charge in [-0.1, -0.05) is 44.2 Å². The number of amides is 1. The van der Waals surface area contributed by atoms with Crippen LogP contribution >= 0.6 is 0 Å². The van der Waals surface area contributed by atoms with Crippen molar-refractivity contribution in [1.29, 1.82) is 0 Å². The molecule has 1 aromatic heterocycles. The number of aromatic nitrogens is 3. The summed E-state index contributed by atoms with van der Waals surface area (Å²) in [4.78, 5) is 24.7. The Morgan fingerprint density at radius 3 is 2.66 bits per heavy atom. The minimum absolute atomic E-state index is 0.124. The summed E-state index contributed by atoms with van der Waals surface area (Å²) in [6.07, 6.45) is 11.3. The van der Waals surface area contributed by atoms with Gasteiger partial charge in [0.2, 0.25) is 0 Å². The first kappa shape index (κ1) is 25.5. The topological polar surface area (TPSA) is 98.1 Å². The molecular formula is C24H37N5O3. The summed E-state index contributed by atoms with van der Waals surface area (Å²) in [6.45, 7) is 13.0. The average molecular weight is 444 g/mol. The Hall–Kier alpha value is -2.74. The van der Waals surface area contributed by atoms with Crippen LogP contribution in [0.1, 0.15) is 65.0 Å². The Morgan fingerprint density at radius 2 is 1.97 bits per heavy atom. The summed E-state index contributed by atoms with van der Waals surface area (Å²) >= 11 is 0. The maximum absolute atomic E-state index is 12.9. The van der Waals surface area contributed by atoms with Gasteiger partial charge in [0.05, 0.1) is 12.6 Å². The van der Waals surface area contributed by atoms with Crippen LogP contribution < -0.4 is 16.2 Å². The maximum atomic E-state index is 12.9. The number of carbonyl (C=O) groups is 1. The predicted octanol–water partition coefficient (Wildman–Crippen LogP) is 3.59. The Kier molecular flexibility index (Phi) is 9.38. The van der Waals surface area contributed by atoms with Gasteiger partial charge in [-0.3, -0.25) is 9.36 Å². The van der Waals surface area contributed by atoms with E-state index in [-0.39, 0.29) is 17.5 Å². The smallest absolute Gasteiger partial charge is 0.407 e. The number of allylic oxidation sites excluding steroid dienone is 6. The van der Waals surface area contributed by atoms with Crippen molar-refractivity contribution in [2.75, 3.05) is 13.1 Å². The molecule has 2 rings (SSSR count). The molecule has 0 aliphatic heterocycles. The van der Waals surface area contributed by atoms with E-state index in [0.29, 0.717) is 37.6 Å². The number of alkyl carbamates (subject to hydrolysis) is 1. The molecule has 1 amide bonds. The van der Waals surface area contributed by atoms with Crippen molar-refractivity contribution in [3.8, 4) is 0 Å². The van der Waals surface area contributed by atoms with Gasteiger partial charge in [-0.25, -0.2) is 4.79 Å². The molecule has 176 valence electrons. The van der Waals surface area contributed by atoms with E-state index in [1.54, 1.807) is 11.5 Å².